The van der Waals surface area contributed by atoms with Gasteiger partial charge >= 0.3 is 0 Å². The highest BCUT2D eigenvalue weighted by Crippen LogP contribution is 2.38. The molecule has 1 aliphatic heterocycles. The van der Waals surface area contributed by atoms with Gasteiger partial charge in [0.25, 0.3) is 0 Å². The summed E-state index contributed by atoms with van der Waals surface area (Å²) in [4.78, 5) is 28.3. The van der Waals surface area contributed by atoms with Crippen molar-refractivity contribution in [2.45, 2.75) is 57.2 Å². The third kappa shape index (κ3) is 6.17. The van der Waals surface area contributed by atoms with Crippen LogP contribution in [-0.2, 0) is 11.3 Å². The minimum absolute atomic E-state index is 0.0748. The van der Waals surface area contributed by atoms with Crippen molar-refractivity contribution in [3.05, 3.63) is 70.9 Å². The van der Waals surface area contributed by atoms with Gasteiger partial charge in [0.1, 0.15) is 11.3 Å². The highest BCUT2D eigenvalue weighted by molar-refractivity contribution is 6.33. The Bertz CT molecular complexity index is 1550. The molecular weight excluding hydrogens is 562 g/mol. The molecule has 2 aromatic carbocycles. The van der Waals surface area contributed by atoms with Crippen molar-refractivity contribution >= 4 is 46.3 Å². The van der Waals surface area contributed by atoms with Gasteiger partial charge in [0.05, 0.1) is 16.9 Å². The van der Waals surface area contributed by atoms with Crippen molar-refractivity contribution < 1.29 is 13.6 Å². The van der Waals surface area contributed by atoms with E-state index >= 15 is 0 Å². The van der Waals surface area contributed by atoms with Gasteiger partial charge in [-0.05, 0) is 56.7 Å². The number of likely N-dealkylation sites (tertiary alicyclic amines) is 1. The zero-order chi connectivity index (χ0) is 29.2. The van der Waals surface area contributed by atoms with E-state index in [0.29, 0.717) is 48.7 Å². The van der Waals surface area contributed by atoms with Gasteiger partial charge in [-0.1, -0.05) is 41.9 Å². The minimum atomic E-state index is -0.832. The van der Waals surface area contributed by atoms with E-state index in [1.165, 1.54) is 5.56 Å². The van der Waals surface area contributed by atoms with Crippen molar-refractivity contribution in [2.75, 3.05) is 23.7 Å². The number of carbonyl (C=O) groups is 1. The van der Waals surface area contributed by atoms with Crippen molar-refractivity contribution in [3.63, 3.8) is 0 Å². The number of hydrogen-bond acceptors (Lipinski definition) is 7. The summed E-state index contributed by atoms with van der Waals surface area (Å²) in [7, 11) is 0. The second kappa shape index (κ2) is 12.2. The highest BCUT2D eigenvalue weighted by Gasteiger charge is 2.30. The summed E-state index contributed by atoms with van der Waals surface area (Å²) >= 11 is 6.20. The lowest BCUT2D eigenvalue weighted by atomic mass is 9.85. The molecule has 3 heterocycles. The Kier molecular flexibility index (Phi) is 8.21. The van der Waals surface area contributed by atoms with Crippen LogP contribution in [-0.4, -0.2) is 49.5 Å². The maximum atomic E-state index is 14.7. The Morgan fingerprint density at radius 1 is 1.07 bits per heavy atom. The number of carbonyl (C=O) groups excluding carboxylic acids is 1. The van der Waals surface area contributed by atoms with Gasteiger partial charge in [-0.2, -0.15) is 4.98 Å². The van der Waals surface area contributed by atoms with Crippen LogP contribution in [0.25, 0.3) is 11.2 Å². The number of benzene rings is 2. The SMILES string of the molecule is NC(=O)C1CCC(n2c(Nc3c(F)cc(F)cc3Cl)nc3cnc(NC4CCCN(Cc5ccccc5)C4)nc32)CC1. The number of halogens is 3. The minimum Gasteiger partial charge on any atom is -0.369 e. The molecule has 0 radical (unpaired) electrons. The first-order chi connectivity index (χ1) is 20.3. The molecule has 2 aliphatic rings. The molecule has 1 atom stereocenters. The average Bonchev–Trinajstić information content (AvgIpc) is 3.33. The Labute approximate surface area is 247 Å². The van der Waals surface area contributed by atoms with Gasteiger partial charge in [0.15, 0.2) is 11.5 Å². The number of nitrogens with one attached hydrogen (secondary N) is 2. The number of nitrogens with zero attached hydrogens (tertiary/aromatic N) is 5. The third-order valence-corrected chi connectivity index (χ3v) is 8.53. The summed E-state index contributed by atoms with van der Waals surface area (Å²) in [5, 5.41) is 6.39. The van der Waals surface area contributed by atoms with Gasteiger partial charge in [-0.15, -0.1) is 0 Å². The van der Waals surface area contributed by atoms with Crippen LogP contribution < -0.4 is 16.4 Å². The lowest BCUT2D eigenvalue weighted by Gasteiger charge is -2.33. The van der Waals surface area contributed by atoms with E-state index in [0.717, 1.165) is 44.6 Å². The Morgan fingerprint density at radius 3 is 2.60 bits per heavy atom. The summed E-state index contributed by atoms with van der Waals surface area (Å²) in [5.74, 6) is -1.29. The first kappa shape index (κ1) is 28.3. The Morgan fingerprint density at radius 2 is 1.86 bits per heavy atom. The molecule has 9 nitrogen and oxygen atoms in total. The molecule has 4 aromatic rings. The summed E-state index contributed by atoms with van der Waals surface area (Å²) in [6.07, 6.45) is 6.29. The standard InChI is InChI=1S/C30H33ClF2N8O/c31-23-13-20(32)14-24(33)26(23)38-30-37-25-15-35-29(39-28(25)41(30)22-10-8-19(9-11-22)27(34)42)36-21-7-4-12-40(17-21)16-18-5-2-1-3-6-18/h1-3,5-6,13-15,19,21-22H,4,7-12,16-17H2,(H2,34,42)(H,37,38)(H,35,36,39). The highest BCUT2D eigenvalue weighted by atomic mass is 35.5. The maximum absolute atomic E-state index is 14.7. The normalized spacial score (nSPS) is 21.4. The average molecular weight is 595 g/mol. The van der Waals surface area contributed by atoms with E-state index < -0.39 is 11.6 Å². The molecule has 42 heavy (non-hydrogen) atoms. The lowest BCUT2D eigenvalue weighted by Crippen LogP contribution is -2.41. The number of amides is 1. The number of piperidine rings is 1. The van der Waals surface area contributed by atoms with E-state index in [2.05, 4.69) is 49.8 Å². The second-order valence-corrected chi connectivity index (χ2v) is 11.6. The zero-order valence-corrected chi connectivity index (χ0v) is 23.8. The molecule has 12 heteroatoms. The number of primary amides is 1. The summed E-state index contributed by atoms with van der Waals surface area (Å²) in [6, 6.07) is 12.3. The van der Waals surface area contributed by atoms with Crippen LogP contribution in [0.2, 0.25) is 5.02 Å². The molecule has 1 amide bonds. The molecule has 0 spiro atoms. The fourth-order valence-corrected chi connectivity index (χ4v) is 6.37. The van der Waals surface area contributed by atoms with Crippen LogP contribution in [0.15, 0.2) is 48.7 Å². The van der Waals surface area contributed by atoms with Crippen LogP contribution in [0.5, 0.6) is 0 Å². The number of hydrogen-bond donors (Lipinski definition) is 3. The summed E-state index contributed by atoms with van der Waals surface area (Å²) in [5.41, 5.74) is 7.87. The molecule has 1 saturated heterocycles. The second-order valence-electron chi connectivity index (χ2n) is 11.2. The fourth-order valence-electron chi connectivity index (χ4n) is 6.13. The topological polar surface area (TPSA) is 114 Å². The van der Waals surface area contributed by atoms with E-state index in [1.54, 1.807) is 6.20 Å². The summed E-state index contributed by atoms with van der Waals surface area (Å²) < 4.78 is 30.4. The van der Waals surface area contributed by atoms with E-state index in [1.807, 2.05) is 10.6 Å². The molecule has 1 saturated carbocycles. The molecule has 0 bridgehead atoms. The number of anilines is 3. The number of fused-ring (bicyclic) bond motifs is 1. The molecule has 4 N–H and O–H groups in total. The van der Waals surface area contributed by atoms with Gasteiger partial charge in [-0.3, -0.25) is 14.3 Å². The number of imidazole rings is 1. The zero-order valence-electron chi connectivity index (χ0n) is 23.1. The van der Waals surface area contributed by atoms with Crippen LogP contribution >= 0.6 is 11.6 Å². The van der Waals surface area contributed by atoms with Gasteiger partial charge in [0, 0.05) is 37.2 Å². The predicted octanol–water partition coefficient (Wildman–Crippen LogP) is 5.79. The van der Waals surface area contributed by atoms with Gasteiger partial charge in [0.2, 0.25) is 17.8 Å². The molecule has 2 fully saturated rings. The molecule has 220 valence electrons. The monoisotopic (exact) mass is 594 g/mol. The van der Waals surface area contributed by atoms with E-state index in [-0.39, 0.29) is 34.6 Å². The molecule has 2 aromatic heterocycles. The molecule has 1 unspecified atom stereocenters. The van der Waals surface area contributed by atoms with E-state index in [4.69, 9.17) is 22.3 Å². The van der Waals surface area contributed by atoms with Crippen molar-refractivity contribution in [2.24, 2.45) is 11.7 Å². The fraction of sp³-hybridized carbons (Fsp3) is 0.400. The quantitative estimate of drug-likeness (QED) is 0.236. The molecule has 1 aliphatic carbocycles. The Hall–Kier alpha value is -3.83. The van der Waals surface area contributed by atoms with Crippen molar-refractivity contribution in [1.82, 2.24) is 24.4 Å². The van der Waals surface area contributed by atoms with Crippen molar-refractivity contribution in [3.8, 4) is 0 Å². The van der Waals surface area contributed by atoms with Crippen molar-refractivity contribution in [1.29, 1.82) is 0 Å². The summed E-state index contributed by atoms with van der Waals surface area (Å²) in [6.45, 7) is 2.78. The van der Waals surface area contributed by atoms with Crippen LogP contribution in [0.3, 0.4) is 0 Å². The first-order valence-corrected chi connectivity index (χ1v) is 14.7. The number of aromatic nitrogens is 4. The largest absolute Gasteiger partial charge is 0.369 e. The predicted molar refractivity (Wildman–Crippen MR) is 159 cm³/mol. The van der Waals surface area contributed by atoms with Crippen LogP contribution in [0.4, 0.5) is 26.4 Å². The first-order valence-electron chi connectivity index (χ1n) is 14.3. The van der Waals surface area contributed by atoms with Gasteiger partial charge in [-0.25, -0.2) is 18.7 Å². The van der Waals surface area contributed by atoms with Crippen LogP contribution in [0, 0.1) is 17.6 Å². The molecular formula is C30H33ClF2N8O. The Balaban J connectivity index is 1.28. The lowest BCUT2D eigenvalue weighted by molar-refractivity contribution is -0.122. The number of nitrogens with two attached hydrogens (primary N) is 1. The maximum Gasteiger partial charge on any atom is 0.225 e. The van der Waals surface area contributed by atoms with Crippen LogP contribution in [0.1, 0.15) is 50.1 Å². The number of rotatable bonds is 8. The molecule has 6 rings (SSSR count). The third-order valence-electron chi connectivity index (χ3n) is 8.23. The smallest absolute Gasteiger partial charge is 0.225 e. The van der Waals surface area contributed by atoms with E-state index in [9.17, 15) is 13.6 Å². The van der Waals surface area contributed by atoms with Gasteiger partial charge < -0.3 is 16.4 Å².